The van der Waals surface area contributed by atoms with Gasteiger partial charge in [-0.2, -0.15) is 4.68 Å². The largest absolute Gasteiger partial charge is 0.323 e. The number of hydrogen-bond donors (Lipinski definition) is 1. The summed E-state index contributed by atoms with van der Waals surface area (Å²) >= 11 is 13.6. The van der Waals surface area contributed by atoms with Gasteiger partial charge in [-0.05, 0) is 55.9 Å². The number of rotatable bonds is 4. The third kappa shape index (κ3) is 3.43. The third-order valence-electron chi connectivity index (χ3n) is 4.98. The first-order valence-corrected chi connectivity index (χ1v) is 10.7. The molecule has 2 heterocycles. The Balaban J connectivity index is 1.71. The van der Waals surface area contributed by atoms with Crippen molar-refractivity contribution in [2.24, 2.45) is 0 Å². The molecule has 0 spiro atoms. The van der Waals surface area contributed by atoms with Crippen molar-refractivity contribution in [1.82, 2.24) is 15.0 Å². The lowest BCUT2D eigenvalue weighted by Crippen LogP contribution is -2.35. The number of carbonyl (C=O) groups excluding carboxylic acids is 1. The molecule has 1 aliphatic rings. The van der Waals surface area contributed by atoms with E-state index in [1.165, 1.54) is 20.9 Å². The van der Waals surface area contributed by atoms with Crippen LogP contribution in [0, 0.1) is 0 Å². The topological polar surface area (TPSA) is 76.9 Å². The van der Waals surface area contributed by atoms with Gasteiger partial charge >= 0.3 is 0 Å². The zero-order valence-electron chi connectivity index (χ0n) is 15.2. The monoisotopic (exact) mass is 436 g/mol. The Morgan fingerprint density at radius 3 is 2.86 bits per heavy atom. The number of benzene rings is 1. The lowest BCUT2D eigenvalue weighted by molar-refractivity contribution is -0.119. The van der Waals surface area contributed by atoms with Crippen molar-refractivity contribution in [3.8, 4) is 0 Å². The Morgan fingerprint density at radius 2 is 2.11 bits per heavy atom. The van der Waals surface area contributed by atoms with Crippen LogP contribution in [0.1, 0.15) is 42.7 Å². The van der Waals surface area contributed by atoms with Gasteiger partial charge in [0.1, 0.15) is 6.04 Å². The van der Waals surface area contributed by atoms with Crippen molar-refractivity contribution in [2.45, 2.75) is 45.1 Å². The molecule has 0 aliphatic heterocycles. The van der Waals surface area contributed by atoms with Gasteiger partial charge < -0.3 is 5.32 Å². The Hall–Kier alpha value is -1.96. The van der Waals surface area contributed by atoms with Crippen LogP contribution in [0.2, 0.25) is 10.0 Å². The second-order valence-electron chi connectivity index (χ2n) is 6.77. The van der Waals surface area contributed by atoms with Gasteiger partial charge in [0.15, 0.2) is 4.83 Å². The van der Waals surface area contributed by atoms with Crippen molar-refractivity contribution in [3.05, 3.63) is 49.0 Å². The number of halogens is 2. The van der Waals surface area contributed by atoms with Gasteiger partial charge in [0.05, 0.1) is 16.1 Å². The van der Waals surface area contributed by atoms with E-state index in [4.69, 9.17) is 23.2 Å². The molecule has 1 unspecified atom stereocenters. The maximum absolute atomic E-state index is 13.2. The number of thiophene rings is 1. The molecular formula is C19H18Cl2N4O2S. The molecule has 1 amide bonds. The summed E-state index contributed by atoms with van der Waals surface area (Å²) in [5.74, 6) is -0.369. The van der Waals surface area contributed by atoms with Gasteiger partial charge in [-0.3, -0.25) is 9.59 Å². The number of nitrogens with one attached hydrogen (secondary N) is 1. The zero-order valence-corrected chi connectivity index (χ0v) is 17.5. The predicted molar refractivity (Wildman–Crippen MR) is 113 cm³/mol. The molecule has 146 valence electrons. The summed E-state index contributed by atoms with van der Waals surface area (Å²) in [6, 6.07) is 4.03. The van der Waals surface area contributed by atoms with Crippen molar-refractivity contribution in [2.75, 3.05) is 5.32 Å². The summed E-state index contributed by atoms with van der Waals surface area (Å²) in [5.41, 5.74) is 1.26. The fourth-order valence-electron chi connectivity index (χ4n) is 3.57. The van der Waals surface area contributed by atoms with Crippen LogP contribution in [0.25, 0.3) is 10.2 Å². The average Bonchev–Trinajstić information content (AvgIpc) is 3.06. The molecule has 4 rings (SSSR count). The minimum atomic E-state index is -0.782. The van der Waals surface area contributed by atoms with Gasteiger partial charge in [0, 0.05) is 9.90 Å². The molecule has 1 atom stereocenters. The smallest absolute Gasteiger partial charge is 0.279 e. The highest BCUT2D eigenvalue weighted by Gasteiger charge is 2.26. The molecule has 1 aromatic carbocycles. The van der Waals surface area contributed by atoms with E-state index in [9.17, 15) is 9.59 Å². The fourth-order valence-corrected chi connectivity index (χ4v) is 5.22. The molecule has 9 heteroatoms. The van der Waals surface area contributed by atoms with Gasteiger partial charge in [-0.15, -0.1) is 16.4 Å². The Labute approximate surface area is 175 Å². The van der Waals surface area contributed by atoms with Crippen LogP contribution in [-0.4, -0.2) is 20.9 Å². The number of amides is 1. The Bertz CT molecular complexity index is 1130. The third-order valence-corrected chi connectivity index (χ3v) is 6.70. The number of fused-ring (bicyclic) bond motifs is 3. The summed E-state index contributed by atoms with van der Waals surface area (Å²) in [6.07, 6.45) is 4.43. The zero-order chi connectivity index (χ0) is 19.8. The number of aryl methyl sites for hydroxylation is 2. The molecule has 0 bridgehead atoms. The average molecular weight is 437 g/mol. The molecule has 0 saturated carbocycles. The van der Waals surface area contributed by atoms with Crippen LogP contribution >= 0.6 is 34.5 Å². The van der Waals surface area contributed by atoms with Crippen molar-refractivity contribution in [1.29, 1.82) is 0 Å². The highest BCUT2D eigenvalue weighted by Crippen LogP contribution is 2.33. The molecule has 0 fully saturated rings. The van der Waals surface area contributed by atoms with Crippen LogP contribution in [-0.2, 0) is 17.6 Å². The minimum Gasteiger partial charge on any atom is -0.323 e. The van der Waals surface area contributed by atoms with Gasteiger partial charge in [-0.25, -0.2) is 0 Å². The molecule has 6 nitrogen and oxygen atoms in total. The van der Waals surface area contributed by atoms with Crippen molar-refractivity contribution in [3.63, 3.8) is 0 Å². The first-order valence-electron chi connectivity index (χ1n) is 9.15. The first-order chi connectivity index (χ1) is 13.5. The molecule has 2 aromatic heterocycles. The second-order valence-corrected chi connectivity index (χ2v) is 8.69. The van der Waals surface area contributed by atoms with Crippen LogP contribution in [0.15, 0.2) is 23.0 Å². The Morgan fingerprint density at radius 1 is 1.32 bits per heavy atom. The van der Waals surface area contributed by atoms with Crippen LogP contribution < -0.4 is 10.9 Å². The summed E-state index contributed by atoms with van der Waals surface area (Å²) < 4.78 is 1.20. The van der Waals surface area contributed by atoms with E-state index >= 15 is 0 Å². The molecule has 28 heavy (non-hydrogen) atoms. The van der Waals surface area contributed by atoms with E-state index in [-0.39, 0.29) is 11.5 Å². The fraction of sp³-hybridized carbons (Fsp3) is 0.368. The van der Waals surface area contributed by atoms with E-state index in [1.54, 1.807) is 18.2 Å². The summed E-state index contributed by atoms with van der Waals surface area (Å²) in [7, 11) is 0. The summed E-state index contributed by atoms with van der Waals surface area (Å²) in [5, 5.41) is 12.5. The van der Waals surface area contributed by atoms with E-state index < -0.39 is 6.04 Å². The number of aromatic nitrogens is 3. The maximum Gasteiger partial charge on any atom is 0.279 e. The minimum absolute atomic E-state index is 0.256. The standard InChI is InChI=1S/C19H18Cl2N4O2S/c1-2-14(17(26)22-13-8-7-10(20)9-12(13)21)25-19(27)16-11-5-3-4-6-15(11)28-18(16)23-24-25/h7-9,14H,2-6H2,1H3,(H,22,26). The highest BCUT2D eigenvalue weighted by atomic mass is 35.5. The number of hydrogen-bond acceptors (Lipinski definition) is 5. The van der Waals surface area contributed by atoms with E-state index in [0.29, 0.717) is 32.4 Å². The summed E-state index contributed by atoms with van der Waals surface area (Å²) in [4.78, 5) is 27.9. The second kappa shape index (κ2) is 7.81. The van der Waals surface area contributed by atoms with Crippen LogP contribution in [0.4, 0.5) is 5.69 Å². The molecule has 1 N–H and O–H groups in total. The number of nitrogens with zero attached hydrogens (tertiary/aromatic N) is 3. The lowest BCUT2D eigenvalue weighted by Gasteiger charge is -2.17. The van der Waals surface area contributed by atoms with E-state index in [2.05, 4.69) is 15.6 Å². The number of carbonyl (C=O) groups is 1. The number of anilines is 1. The molecule has 1 aliphatic carbocycles. The predicted octanol–water partition coefficient (Wildman–Crippen LogP) is 4.63. The maximum atomic E-state index is 13.2. The van der Waals surface area contributed by atoms with Crippen LogP contribution in [0.3, 0.4) is 0 Å². The van der Waals surface area contributed by atoms with Crippen molar-refractivity contribution < 1.29 is 4.79 Å². The van der Waals surface area contributed by atoms with E-state index in [1.807, 2.05) is 6.92 Å². The molecular weight excluding hydrogens is 419 g/mol. The van der Waals surface area contributed by atoms with Gasteiger partial charge in [-0.1, -0.05) is 35.3 Å². The lowest BCUT2D eigenvalue weighted by atomic mass is 9.97. The normalized spacial score (nSPS) is 14.7. The molecule has 0 saturated heterocycles. The van der Waals surface area contributed by atoms with Gasteiger partial charge in [0.2, 0.25) is 5.91 Å². The first kappa shape index (κ1) is 19.4. The summed E-state index contributed by atoms with van der Waals surface area (Å²) in [6.45, 7) is 1.83. The quantitative estimate of drug-likeness (QED) is 0.646. The molecule has 0 radical (unpaired) electrons. The van der Waals surface area contributed by atoms with Crippen LogP contribution in [0.5, 0.6) is 0 Å². The SMILES string of the molecule is CCC(C(=O)Nc1ccc(Cl)cc1Cl)n1nnc2sc3c(c2c1=O)CCCC3. The van der Waals surface area contributed by atoms with Gasteiger partial charge in [0.25, 0.3) is 5.56 Å². The van der Waals surface area contributed by atoms with Crippen molar-refractivity contribution >= 4 is 56.3 Å². The highest BCUT2D eigenvalue weighted by molar-refractivity contribution is 7.18. The Kier molecular flexibility index (Phi) is 5.40. The van der Waals surface area contributed by atoms with E-state index in [0.717, 1.165) is 31.2 Å². The molecule has 3 aromatic rings.